The lowest BCUT2D eigenvalue weighted by Crippen LogP contribution is -2.07. The molecule has 1 aliphatic rings. The van der Waals surface area contributed by atoms with Gasteiger partial charge in [0, 0.05) is 44.7 Å². The quantitative estimate of drug-likeness (QED) is 0.192. The molecule has 0 aliphatic carbocycles. The summed E-state index contributed by atoms with van der Waals surface area (Å²) < 4.78 is 12.5. The second-order valence-electron chi connectivity index (χ2n) is 13.0. The standard InChI is InChI=1S/C46H30N2O2/c1-28-25-39(34-14-5-4-13-33(34)36-17-10-20-43-44(36)37-16-7-9-19-41(37)50-43)47-46(32-22-21-29-11-2-3-12-30(29)26-32)48-45(28)31-23-24-42-38(27-31)35-15-6-8-18-40(35)49-42/h2-24,26-27H,25H2,1H3. The molecule has 236 valence electrons. The first-order valence-electron chi connectivity index (χ1n) is 16.9. The minimum absolute atomic E-state index is 0.638. The number of rotatable bonds is 4. The molecular formula is C46H30N2O2. The molecule has 0 saturated heterocycles. The Balaban J connectivity index is 1.19. The number of aliphatic imine (C=N–C) groups is 2. The Bertz CT molecular complexity index is 2920. The zero-order valence-electron chi connectivity index (χ0n) is 27.4. The number of fused-ring (bicyclic) bond motifs is 7. The topological polar surface area (TPSA) is 51.0 Å². The van der Waals surface area contributed by atoms with Gasteiger partial charge in [0.05, 0.1) is 11.4 Å². The van der Waals surface area contributed by atoms with Crippen molar-refractivity contribution in [1.82, 2.24) is 0 Å². The molecule has 0 saturated carbocycles. The molecule has 0 amide bonds. The number of hydrogen-bond donors (Lipinski definition) is 0. The van der Waals surface area contributed by atoms with Crippen LogP contribution in [0.2, 0.25) is 0 Å². The Morgan fingerprint density at radius 1 is 0.460 bits per heavy atom. The molecule has 0 spiro atoms. The maximum absolute atomic E-state index is 6.30. The van der Waals surface area contributed by atoms with Crippen LogP contribution < -0.4 is 0 Å². The van der Waals surface area contributed by atoms with E-state index in [0.29, 0.717) is 12.3 Å². The SMILES string of the molecule is CC1=C(c2ccc3oc4ccccc4c3c2)N=C(c2ccc3ccccc3c2)N=C(c2ccccc2-c2cccc3oc4ccccc4c23)C1. The van der Waals surface area contributed by atoms with Crippen molar-refractivity contribution in [2.75, 3.05) is 0 Å². The van der Waals surface area contributed by atoms with E-state index in [1.165, 1.54) is 5.39 Å². The molecule has 0 fully saturated rings. The second kappa shape index (κ2) is 11.3. The third-order valence-electron chi connectivity index (χ3n) is 9.88. The summed E-state index contributed by atoms with van der Waals surface area (Å²) in [5, 5.41) is 6.74. The number of furan rings is 2. The number of para-hydroxylation sites is 2. The molecule has 4 nitrogen and oxygen atoms in total. The molecular weight excluding hydrogens is 613 g/mol. The van der Waals surface area contributed by atoms with Gasteiger partial charge < -0.3 is 8.83 Å². The van der Waals surface area contributed by atoms with Crippen molar-refractivity contribution in [1.29, 1.82) is 0 Å². The molecule has 0 unspecified atom stereocenters. The zero-order chi connectivity index (χ0) is 33.2. The maximum atomic E-state index is 6.30. The molecule has 0 radical (unpaired) electrons. The summed E-state index contributed by atoms with van der Waals surface area (Å²) in [7, 11) is 0. The van der Waals surface area contributed by atoms with Crippen molar-refractivity contribution < 1.29 is 8.83 Å². The fourth-order valence-corrected chi connectivity index (χ4v) is 7.49. The van der Waals surface area contributed by atoms with Crippen molar-refractivity contribution in [2.45, 2.75) is 13.3 Å². The molecule has 0 N–H and O–H groups in total. The van der Waals surface area contributed by atoms with Gasteiger partial charge >= 0.3 is 0 Å². The number of nitrogens with zero attached hydrogens (tertiary/aromatic N) is 2. The summed E-state index contributed by atoms with van der Waals surface area (Å²) in [6, 6.07) is 52.7. The molecule has 4 heteroatoms. The number of allylic oxidation sites excluding steroid dienone is 1. The van der Waals surface area contributed by atoms with Crippen LogP contribution in [0.1, 0.15) is 30.0 Å². The first-order valence-corrected chi connectivity index (χ1v) is 16.9. The molecule has 50 heavy (non-hydrogen) atoms. The molecule has 0 atom stereocenters. The summed E-state index contributed by atoms with van der Waals surface area (Å²) in [6.07, 6.45) is 0.638. The van der Waals surface area contributed by atoms with Gasteiger partial charge in [0.2, 0.25) is 0 Å². The van der Waals surface area contributed by atoms with E-state index in [9.17, 15) is 0 Å². The Hall–Kier alpha value is -6.52. The summed E-state index contributed by atoms with van der Waals surface area (Å²) in [5.41, 5.74) is 11.9. The Morgan fingerprint density at radius 2 is 1.10 bits per heavy atom. The Kier molecular flexibility index (Phi) is 6.43. The molecule has 2 aromatic heterocycles. The van der Waals surface area contributed by atoms with Crippen molar-refractivity contribution in [2.24, 2.45) is 9.98 Å². The van der Waals surface area contributed by atoms with Gasteiger partial charge in [-0.25, -0.2) is 9.98 Å². The van der Waals surface area contributed by atoms with Crippen LogP contribution in [0.3, 0.4) is 0 Å². The Morgan fingerprint density at radius 3 is 1.98 bits per heavy atom. The Labute approximate surface area is 288 Å². The van der Waals surface area contributed by atoms with Gasteiger partial charge in [-0.2, -0.15) is 0 Å². The van der Waals surface area contributed by atoms with Crippen LogP contribution in [0.25, 0.3) is 71.5 Å². The van der Waals surface area contributed by atoms with Crippen molar-refractivity contribution in [3.8, 4) is 11.1 Å². The lowest BCUT2D eigenvalue weighted by atomic mass is 9.90. The van der Waals surface area contributed by atoms with Crippen LogP contribution in [0.4, 0.5) is 0 Å². The molecule has 10 rings (SSSR count). The monoisotopic (exact) mass is 642 g/mol. The van der Waals surface area contributed by atoms with Crippen LogP contribution in [0, 0.1) is 0 Å². The van der Waals surface area contributed by atoms with E-state index in [2.05, 4.69) is 128 Å². The van der Waals surface area contributed by atoms with Crippen LogP contribution in [-0.4, -0.2) is 11.5 Å². The van der Waals surface area contributed by atoms with Gasteiger partial charge in [-0.05, 0) is 76.9 Å². The van der Waals surface area contributed by atoms with Gasteiger partial charge in [0.15, 0.2) is 5.84 Å². The van der Waals surface area contributed by atoms with Crippen molar-refractivity contribution >= 4 is 71.9 Å². The normalized spacial score (nSPS) is 13.8. The minimum Gasteiger partial charge on any atom is -0.456 e. The largest absolute Gasteiger partial charge is 0.456 e. The lowest BCUT2D eigenvalue weighted by Gasteiger charge is -2.14. The highest BCUT2D eigenvalue weighted by atomic mass is 16.3. The third kappa shape index (κ3) is 4.61. The zero-order valence-corrected chi connectivity index (χ0v) is 27.4. The van der Waals surface area contributed by atoms with E-state index in [0.717, 1.165) is 94.1 Å². The van der Waals surface area contributed by atoms with Gasteiger partial charge in [0.1, 0.15) is 22.3 Å². The first kappa shape index (κ1) is 28.5. The number of amidine groups is 1. The third-order valence-corrected chi connectivity index (χ3v) is 9.88. The summed E-state index contributed by atoms with van der Waals surface area (Å²) in [4.78, 5) is 10.8. The van der Waals surface area contributed by atoms with Gasteiger partial charge in [0.25, 0.3) is 0 Å². The van der Waals surface area contributed by atoms with Gasteiger partial charge in [-0.3, -0.25) is 0 Å². The number of hydrogen-bond acceptors (Lipinski definition) is 4. The van der Waals surface area contributed by atoms with Crippen molar-refractivity contribution in [3.63, 3.8) is 0 Å². The highest BCUT2D eigenvalue weighted by molar-refractivity contribution is 6.20. The van der Waals surface area contributed by atoms with E-state index >= 15 is 0 Å². The predicted molar refractivity (Wildman–Crippen MR) is 207 cm³/mol. The molecule has 9 aromatic rings. The van der Waals surface area contributed by atoms with Crippen LogP contribution in [-0.2, 0) is 0 Å². The van der Waals surface area contributed by atoms with E-state index in [1.54, 1.807) is 0 Å². The van der Waals surface area contributed by atoms with Crippen LogP contribution in [0.15, 0.2) is 176 Å². The van der Waals surface area contributed by atoms with E-state index in [1.807, 2.05) is 30.3 Å². The number of benzene rings is 7. The summed E-state index contributed by atoms with van der Waals surface area (Å²) >= 11 is 0. The fourth-order valence-electron chi connectivity index (χ4n) is 7.49. The maximum Gasteiger partial charge on any atom is 0.160 e. The van der Waals surface area contributed by atoms with Gasteiger partial charge in [-0.15, -0.1) is 0 Å². The highest BCUT2D eigenvalue weighted by Crippen LogP contribution is 2.40. The lowest BCUT2D eigenvalue weighted by molar-refractivity contribution is 0.668. The fraction of sp³-hybridized carbons (Fsp3) is 0.0435. The average molecular weight is 643 g/mol. The second-order valence-corrected chi connectivity index (χ2v) is 13.0. The summed E-state index contributed by atoms with van der Waals surface area (Å²) in [6.45, 7) is 2.18. The molecule has 0 bridgehead atoms. The minimum atomic E-state index is 0.638. The molecule has 1 aliphatic heterocycles. The highest BCUT2D eigenvalue weighted by Gasteiger charge is 2.22. The first-order chi connectivity index (χ1) is 24.7. The van der Waals surface area contributed by atoms with E-state index < -0.39 is 0 Å². The van der Waals surface area contributed by atoms with Gasteiger partial charge in [-0.1, -0.05) is 109 Å². The molecule has 7 aromatic carbocycles. The smallest absolute Gasteiger partial charge is 0.160 e. The van der Waals surface area contributed by atoms with E-state index in [-0.39, 0.29) is 0 Å². The van der Waals surface area contributed by atoms with E-state index in [4.69, 9.17) is 18.8 Å². The summed E-state index contributed by atoms with van der Waals surface area (Å²) in [5.74, 6) is 0.691. The molecule has 3 heterocycles. The predicted octanol–water partition coefficient (Wildman–Crippen LogP) is 12.4. The van der Waals surface area contributed by atoms with Crippen LogP contribution >= 0.6 is 0 Å². The average Bonchev–Trinajstić information content (AvgIpc) is 3.68. The van der Waals surface area contributed by atoms with Crippen molar-refractivity contribution in [3.05, 3.63) is 174 Å². The van der Waals surface area contributed by atoms with Crippen LogP contribution in [0.5, 0.6) is 0 Å².